The van der Waals surface area contributed by atoms with Crippen LogP contribution in [0.1, 0.15) is 41.2 Å². The molecule has 3 aromatic rings. The van der Waals surface area contributed by atoms with Crippen molar-refractivity contribution < 1.29 is 23.1 Å². The van der Waals surface area contributed by atoms with E-state index in [0.717, 1.165) is 6.07 Å². The third-order valence-electron chi connectivity index (χ3n) is 3.97. The summed E-state index contributed by atoms with van der Waals surface area (Å²) in [6.45, 7) is 5.29. The maximum absolute atomic E-state index is 13.4. The first-order chi connectivity index (χ1) is 13.6. The number of aromatic carboxylic acids is 1. The van der Waals surface area contributed by atoms with Gasteiger partial charge in [-0.15, -0.1) is 0 Å². The van der Waals surface area contributed by atoms with Gasteiger partial charge in [-0.2, -0.15) is 13.2 Å². The van der Waals surface area contributed by atoms with E-state index in [1.807, 2.05) is 13.8 Å². The molecule has 1 heterocycles. The topological polar surface area (TPSA) is 95.1 Å². The first kappa shape index (κ1) is 21.9. The molecule has 0 unspecified atom stereocenters. The number of aromatic amines is 1. The van der Waals surface area contributed by atoms with Crippen LogP contribution < -0.4 is 10.9 Å². The van der Waals surface area contributed by atoms with Crippen molar-refractivity contribution >= 4 is 22.6 Å². The van der Waals surface area contributed by atoms with Crippen molar-refractivity contribution in [3.8, 4) is 0 Å². The third kappa shape index (κ3) is 5.13. The summed E-state index contributed by atoms with van der Waals surface area (Å²) >= 11 is 0. The predicted molar refractivity (Wildman–Crippen MR) is 104 cm³/mol. The average Bonchev–Trinajstić information content (AvgIpc) is 2.67. The zero-order valence-electron chi connectivity index (χ0n) is 16.0. The van der Waals surface area contributed by atoms with Crippen LogP contribution in [0.2, 0.25) is 0 Å². The molecule has 3 rings (SSSR count). The van der Waals surface area contributed by atoms with Crippen molar-refractivity contribution in [1.29, 1.82) is 0 Å². The molecule has 6 nitrogen and oxygen atoms in total. The lowest BCUT2D eigenvalue weighted by Crippen LogP contribution is -2.16. The molecule has 2 aromatic carbocycles. The molecule has 0 radical (unpaired) electrons. The van der Waals surface area contributed by atoms with Crippen molar-refractivity contribution in [3.63, 3.8) is 0 Å². The maximum Gasteiger partial charge on any atom is 0.416 e. The lowest BCUT2D eigenvalue weighted by atomic mass is 10.0. The number of anilines is 1. The minimum atomic E-state index is -4.61. The second-order valence-corrected chi connectivity index (χ2v) is 5.91. The quantitative estimate of drug-likeness (QED) is 0.588. The Bertz CT molecular complexity index is 1070. The molecule has 154 valence electrons. The summed E-state index contributed by atoms with van der Waals surface area (Å²) in [7, 11) is 0. The standard InChI is InChI=1S/C18H14F3N3O3.C2H6/c1-9-23-15-7-14(18(19,20)21)11(6-13(15)16(25)24-9)8-22-12-4-2-10(3-5-12)17(26)27;1-2/h2-7,22H,8H2,1H3,(H,26,27)(H,23,24,25);1-2H3. The van der Waals surface area contributed by atoms with Crippen LogP contribution in [0, 0.1) is 6.92 Å². The van der Waals surface area contributed by atoms with Crippen LogP contribution in [0.5, 0.6) is 0 Å². The van der Waals surface area contributed by atoms with Crippen LogP contribution in [-0.2, 0) is 12.7 Å². The number of halogens is 3. The highest BCUT2D eigenvalue weighted by Gasteiger charge is 2.34. The Hall–Kier alpha value is -3.36. The highest BCUT2D eigenvalue weighted by molar-refractivity contribution is 5.88. The van der Waals surface area contributed by atoms with Gasteiger partial charge in [-0.05, 0) is 48.9 Å². The Balaban J connectivity index is 0.00000145. The summed E-state index contributed by atoms with van der Waals surface area (Å²) in [4.78, 5) is 29.3. The largest absolute Gasteiger partial charge is 0.478 e. The van der Waals surface area contributed by atoms with Crippen LogP contribution in [0.15, 0.2) is 41.2 Å². The minimum absolute atomic E-state index is 0.0295. The van der Waals surface area contributed by atoms with Gasteiger partial charge in [0.25, 0.3) is 5.56 Å². The van der Waals surface area contributed by atoms with Gasteiger partial charge in [0, 0.05) is 12.2 Å². The van der Waals surface area contributed by atoms with Gasteiger partial charge in [0.2, 0.25) is 0 Å². The first-order valence-electron chi connectivity index (χ1n) is 8.83. The maximum atomic E-state index is 13.4. The van der Waals surface area contributed by atoms with Gasteiger partial charge in [-0.25, -0.2) is 9.78 Å². The monoisotopic (exact) mass is 407 g/mol. The molecule has 0 saturated heterocycles. The number of carboxylic acid groups (broad SMARTS) is 1. The van der Waals surface area contributed by atoms with E-state index in [1.54, 1.807) is 0 Å². The van der Waals surface area contributed by atoms with Crippen molar-refractivity contribution in [1.82, 2.24) is 9.97 Å². The predicted octanol–water partition coefficient (Wildman–Crippen LogP) is 4.59. The van der Waals surface area contributed by atoms with Crippen LogP contribution in [-0.4, -0.2) is 21.0 Å². The molecule has 0 atom stereocenters. The normalized spacial score (nSPS) is 11.0. The Kier molecular flexibility index (Phi) is 6.63. The van der Waals surface area contributed by atoms with Gasteiger partial charge < -0.3 is 15.4 Å². The molecule has 0 aliphatic carbocycles. The summed E-state index contributed by atoms with van der Waals surface area (Å²) in [5, 5.41) is 11.7. The Labute approximate surface area is 164 Å². The van der Waals surface area contributed by atoms with Crippen LogP contribution in [0.4, 0.5) is 18.9 Å². The van der Waals surface area contributed by atoms with Gasteiger partial charge in [-0.1, -0.05) is 13.8 Å². The smallest absolute Gasteiger partial charge is 0.416 e. The number of H-pyrrole nitrogens is 1. The van der Waals surface area contributed by atoms with Crippen molar-refractivity contribution in [2.24, 2.45) is 0 Å². The molecule has 0 saturated carbocycles. The van der Waals surface area contributed by atoms with E-state index >= 15 is 0 Å². The fraction of sp³-hybridized carbons (Fsp3) is 0.250. The van der Waals surface area contributed by atoms with E-state index in [0.29, 0.717) is 5.69 Å². The molecule has 1 aromatic heterocycles. The molecular formula is C20H20F3N3O3. The van der Waals surface area contributed by atoms with Crippen molar-refractivity contribution in [3.05, 3.63) is 69.3 Å². The second kappa shape index (κ2) is 8.76. The molecule has 9 heteroatoms. The van der Waals surface area contributed by atoms with Crippen molar-refractivity contribution in [2.75, 3.05) is 5.32 Å². The number of aryl methyl sites for hydroxylation is 1. The van der Waals surface area contributed by atoms with E-state index in [2.05, 4.69) is 15.3 Å². The van der Waals surface area contributed by atoms with Gasteiger partial charge in [-0.3, -0.25) is 4.79 Å². The third-order valence-corrected chi connectivity index (χ3v) is 3.97. The number of carbonyl (C=O) groups is 1. The number of nitrogens with zero attached hydrogens (tertiary/aromatic N) is 1. The van der Waals surface area contributed by atoms with E-state index < -0.39 is 23.3 Å². The number of alkyl halides is 3. The van der Waals surface area contributed by atoms with Gasteiger partial charge in [0.1, 0.15) is 5.82 Å². The molecule has 0 aliphatic rings. The number of benzene rings is 2. The number of rotatable bonds is 4. The Morgan fingerprint density at radius 3 is 2.34 bits per heavy atom. The number of hydrogen-bond donors (Lipinski definition) is 3. The van der Waals surface area contributed by atoms with Crippen LogP contribution >= 0.6 is 0 Å². The SMILES string of the molecule is CC.Cc1nc2cc(C(F)(F)F)c(CNc3ccc(C(=O)O)cc3)cc2c(=O)[nH]1. The lowest BCUT2D eigenvalue weighted by molar-refractivity contribution is -0.138. The summed E-state index contributed by atoms with van der Waals surface area (Å²) in [6, 6.07) is 7.62. The fourth-order valence-electron chi connectivity index (χ4n) is 2.69. The number of aromatic nitrogens is 2. The zero-order chi connectivity index (χ0) is 21.8. The molecule has 0 aliphatic heterocycles. The summed E-state index contributed by atoms with van der Waals surface area (Å²) in [5.41, 5.74) is -1.04. The lowest BCUT2D eigenvalue weighted by Gasteiger charge is -2.15. The highest BCUT2D eigenvalue weighted by atomic mass is 19.4. The number of nitrogens with one attached hydrogen (secondary N) is 2. The number of fused-ring (bicyclic) bond motifs is 1. The average molecular weight is 407 g/mol. The fourth-order valence-corrected chi connectivity index (χ4v) is 2.69. The number of hydrogen-bond acceptors (Lipinski definition) is 4. The van der Waals surface area contributed by atoms with E-state index in [9.17, 15) is 22.8 Å². The summed E-state index contributed by atoms with van der Waals surface area (Å²) in [5.74, 6) is -0.873. The molecule has 0 amide bonds. The van der Waals surface area contributed by atoms with Crippen molar-refractivity contribution in [2.45, 2.75) is 33.5 Å². The highest BCUT2D eigenvalue weighted by Crippen LogP contribution is 2.34. The van der Waals surface area contributed by atoms with Crippen LogP contribution in [0.25, 0.3) is 10.9 Å². The molecule has 0 fully saturated rings. The second-order valence-electron chi connectivity index (χ2n) is 5.91. The van der Waals surface area contributed by atoms with E-state index in [-0.39, 0.29) is 34.4 Å². The molecule has 3 N–H and O–H groups in total. The van der Waals surface area contributed by atoms with E-state index in [4.69, 9.17) is 5.11 Å². The minimum Gasteiger partial charge on any atom is -0.478 e. The summed E-state index contributed by atoms with van der Waals surface area (Å²) < 4.78 is 40.3. The zero-order valence-corrected chi connectivity index (χ0v) is 16.0. The van der Waals surface area contributed by atoms with Gasteiger partial charge >= 0.3 is 12.1 Å². The van der Waals surface area contributed by atoms with Gasteiger partial charge in [0.15, 0.2) is 0 Å². The molecule has 29 heavy (non-hydrogen) atoms. The Morgan fingerprint density at radius 1 is 1.17 bits per heavy atom. The summed E-state index contributed by atoms with van der Waals surface area (Å²) in [6.07, 6.45) is -4.61. The van der Waals surface area contributed by atoms with Gasteiger partial charge in [0.05, 0.1) is 22.0 Å². The Morgan fingerprint density at radius 2 is 1.79 bits per heavy atom. The van der Waals surface area contributed by atoms with Crippen LogP contribution in [0.3, 0.4) is 0 Å². The first-order valence-corrected chi connectivity index (χ1v) is 8.83. The molecule has 0 bridgehead atoms. The molecular weight excluding hydrogens is 387 g/mol. The molecule has 0 spiro atoms. The number of carboxylic acids is 1. The van der Waals surface area contributed by atoms with E-state index in [1.165, 1.54) is 37.3 Å².